The van der Waals surface area contributed by atoms with Crippen molar-refractivity contribution in [2.45, 2.75) is 32.2 Å². The minimum Gasteiger partial charge on any atom is -0.392 e. The SMILES string of the molecule is OCc1cccc2ccn(CCCC(F)(F)F)c12. The van der Waals surface area contributed by atoms with Gasteiger partial charge in [0.15, 0.2) is 0 Å². The fourth-order valence-electron chi connectivity index (χ4n) is 2.10. The molecule has 0 amide bonds. The summed E-state index contributed by atoms with van der Waals surface area (Å²) >= 11 is 0. The average molecular weight is 257 g/mol. The highest BCUT2D eigenvalue weighted by molar-refractivity contribution is 5.83. The van der Waals surface area contributed by atoms with E-state index in [4.69, 9.17) is 0 Å². The zero-order chi connectivity index (χ0) is 13.2. The second-order valence-electron chi connectivity index (χ2n) is 4.24. The lowest BCUT2D eigenvalue weighted by Gasteiger charge is -2.10. The van der Waals surface area contributed by atoms with Crippen LogP contribution in [-0.4, -0.2) is 15.8 Å². The average Bonchev–Trinajstić information content (AvgIpc) is 2.71. The fourth-order valence-corrected chi connectivity index (χ4v) is 2.10. The smallest absolute Gasteiger partial charge is 0.389 e. The molecule has 18 heavy (non-hydrogen) atoms. The van der Waals surface area contributed by atoms with E-state index in [1.54, 1.807) is 16.8 Å². The van der Waals surface area contributed by atoms with Gasteiger partial charge >= 0.3 is 6.18 Å². The van der Waals surface area contributed by atoms with Crippen LogP contribution in [0, 0.1) is 0 Å². The van der Waals surface area contributed by atoms with E-state index in [0.29, 0.717) is 6.54 Å². The van der Waals surface area contributed by atoms with E-state index >= 15 is 0 Å². The number of nitrogens with zero attached hydrogens (tertiary/aromatic N) is 1. The van der Waals surface area contributed by atoms with Crippen molar-refractivity contribution in [1.29, 1.82) is 0 Å². The van der Waals surface area contributed by atoms with E-state index in [9.17, 15) is 18.3 Å². The molecule has 98 valence electrons. The highest BCUT2D eigenvalue weighted by Crippen LogP contribution is 2.24. The Morgan fingerprint density at radius 1 is 1.17 bits per heavy atom. The maximum Gasteiger partial charge on any atom is 0.389 e. The Bertz CT molecular complexity index is 531. The van der Waals surface area contributed by atoms with Crippen LogP contribution in [0.5, 0.6) is 0 Å². The third-order valence-corrected chi connectivity index (χ3v) is 2.90. The summed E-state index contributed by atoms with van der Waals surface area (Å²) in [6.07, 6.45) is -3.08. The van der Waals surface area contributed by atoms with Crippen molar-refractivity contribution in [1.82, 2.24) is 4.57 Å². The van der Waals surface area contributed by atoms with Crippen molar-refractivity contribution in [3.63, 3.8) is 0 Å². The van der Waals surface area contributed by atoms with Gasteiger partial charge in [0.2, 0.25) is 0 Å². The van der Waals surface area contributed by atoms with Gasteiger partial charge in [0.25, 0.3) is 0 Å². The Hall–Kier alpha value is -1.49. The predicted molar refractivity (Wildman–Crippen MR) is 63.1 cm³/mol. The number of benzene rings is 1. The Morgan fingerprint density at radius 3 is 2.61 bits per heavy atom. The largest absolute Gasteiger partial charge is 0.392 e. The number of rotatable bonds is 4. The molecule has 5 heteroatoms. The minimum atomic E-state index is -4.11. The summed E-state index contributed by atoms with van der Waals surface area (Å²) in [4.78, 5) is 0. The van der Waals surface area contributed by atoms with Gasteiger partial charge in [0.05, 0.1) is 12.1 Å². The molecule has 0 aliphatic rings. The Morgan fingerprint density at radius 2 is 1.94 bits per heavy atom. The zero-order valence-corrected chi connectivity index (χ0v) is 9.74. The molecule has 0 atom stereocenters. The van der Waals surface area contributed by atoms with Gasteiger partial charge in [-0.1, -0.05) is 18.2 Å². The van der Waals surface area contributed by atoms with Gasteiger partial charge in [0, 0.05) is 24.7 Å². The van der Waals surface area contributed by atoms with Crippen LogP contribution in [0.1, 0.15) is 18.4 Å². The number of aliphatic hydroxyl groups is 1. The van der Waals surface area contributed by atoms with Crippen molar-refractivity contribution in [3.05, 3.63) is 36.0 Å². The molecule has 1 aromatic heterocycles. The second kappa shape index (κ2) is 5.02. The number of alkyl halides is 3. The molecule has 0 aliphatic heterocycles. The number of para-hydroxylation sites is 1. The normalized spacial score (nSPS) is 12.2. The first kappa shape index (κ1) is 13.0. The topological polar surface area (TPSA) is 25.2 Å². The van der Waals surface area contributed by atoms with Crippen molar-refractivity contribution in [2.24, 2.45) is 0 Å². The number of halogens is 3. The molecule has 1 N–H and O–H groups in total. The van der Waals surface area contributed by atoms with Crippen LogP contribution >= 0.6 is 0 Å². The number of fused-ring (bicyclic) bond motifs is 1. The quantitative estimate of drug-likeness (QED) is 0.891. The summed E-state index contributed by atoms with van der Waals surface area (Å²) in [6, 6.07) is 7.34. The van der Waals surface area contributed by atoms with Crippen LogP contribution in [0.3, 0.4) is 0 Å². The molecule has 1 aromatic carbocycles. The van der Waals surface area contributed by atoms with Gasteiger partial charge in [-0.15, -0.1) is 0 Å². The number of hydrogen-bond acceptors (Lipinski definition) is 1. The maximum absolute atomic E-state index is 12.1. The molecule has 0 bridgehead atoms. The first-order valence-corrected chi connectivity index (χ1v) is 5.75. The lowest BCUT2D eigenvalue weighted by atomic mass is 10.1. The summed E-state index contributed by atoms with van der Waals surface area (Å²) in [5.41, 5.74) is 1.56. The fraction of sp³-hybridized carbons (Fsp3) is 0.385. The lowest BCUT2D eigenvalue weighted by Crippen LogP contribution is -2.09. The van der Waals surface area contributed by atoms with E-state index in [1.807, 2.05) is 18.2 Å². The molecular weight excluding hydrogens is 243 g/mol. The van der Waals surface area contributed by atoms with Crippen molar-refractivity contribution in [2.75, 3.05) is 0 Å². The second-order valence-corrected chi connectivity index (χ2v) is 4.24. The van der Waals surface area contributed by atoms with Gasteiger partial charge < -0.3 is 9.67 Å². The van der Waals surface area contributed by atoms with Crippen LogP contribution < -0.4 is 0 Å². The summed E-state index contributed by atoms with van der Waals surface area (Å²) < 4.78 is 38.1. The molecule has 2 nitrogen and oxygen atoms in total. The molecule has 2 rings (SSSR count). The third kappa shape index (κ3) is 2.85. The van der Waals surface area contributed by atoms with Gasteiger partial charge in [-0.25, -0.2) is 0 Å². The summed E-state index contributed by atoms with van der Waals surface area (Å²) in [5.74, 6) is 0. The predicted octanol–water partition coefficient (Wildman–Crippen LogP) is 3.48. The molecule has 2 aromatic rings. The highest BCUT2D eigenvalue weighted by Gasteiger charge is 2.26. The molecular formula is C13H14F3NO. The highest BCUT2D eigenvalue weighted by atomic mass is 19.4. The van der Waals surface area contributed by atoms with Gasteiger partial charge in [-0.2, -0.15) is 13.2 Å². The summed E-state index contributed by atoms with van der Waals surface area (Å²) in [6.45, 7) is 0.195. The van der Waals surface area contributed by atoms with E-state index in [0.717, 1.165) is 16.5 Å². The van der Waals surface area contributed by atoms with Gasteiger partial charge in [0.1, 0.15) is 0 Å². The summed E-state index contributed by atoms with van der Waals surface area (Å²) in [7, 11) is 0. The number of aryl methyl sites for hydroxylation is 1. The van der Waals surface area contributed by atoms with Crippen LogP contribution in [0.15, 0.2) is 30.5 Å². The molecule has 0 saturated carbocycles. The van der Waals surface area contributed by atoms with Crippen LogP contribution in [0.2, 0.25) is 0 Å². The third-order valence-electron chi connectivity index (χ3n) is 2.90. The lowest BCUT2D eigenvalue weighted by molar-refractivity contribution is -0.135. The minimum absolute atomic E-state index is 0.0487. The summed E-state index contributed by atoms with van der Waals surface area (Å²) in [5, 5.41) is 10.2. The van der Waals surface area contributed by atoms with E-state index in [2.05, 4.69) is 0 Å². The molecule has 0 unspecified atom stereocenters. The first-order chi connectivity index (χ1) is 8.51. The molecule has 0 spiro atoms. The number of hydrogen-bond donors (Lipinski definition) is 1. The maximum atomic E-state index is 12.1. The Labute approximate surface area is 103 Å². The van der Waals surface area contributed by atoms with Gasteiger partial charge in [-0.3, -0.25) is 0 Å². The monoisotopic (exact) mass is 257 g/mol. The molecule has 0 fully saturated rings. The van der Waals surface area contributed by atoms with Crippen molar-refractivity contribution in [3.8, 4) is 0 Å². The number of aromatic nitrogens is 1. The van der Waals surface area contributed by atoms with E-state index in [-0.39, 0.29) is 13.0 Å². The molecule has 0 aliphatic carbocycles. The Kier molecular flexibility index (Phi) is 3.61. The van der Waals surface area contributed by atoms with Crippen LogP contribution in [-0.2, 0) is 13.2 Å². The Balaban J connectivity index is 2.18. The number of aliphatic hydroxyl groups excluding tert-OH is 1. The van der Waals surface area contributed by atoms with Gasteiger partial charge in [-0.05, 0) is 17.9 Å². The van der Waals surface area contributed by atoms with Crippen LogP contribution in [0.25, 0.3) is 10.9 Å². The van der Waals surface area contributed by atoms with Crippen molar-refractivity contribution >= 4 is 10.9 Å². The molecule has 1 heterocycles. The molecule has 0 saturated heterocycles. The zero-order valence-electron chi connectivity index (χ0n) is 9.74. The molecule has 0 radical (unpaired) electrons. The van der Waals surface area contributed by atoms with Crippen LogP contribution in [0.4, 0.5) is 13.2 Å². The van der Waals surface area contributed by atoms with E-state index < -0.39 is 12.6 Å². The van der Waals surface area contributed by atoms with Crippen molar-refractivity contribution < 1.29 is 18.3 Å². The van der Waals surface area contributed by atoms with E-state index in [1.165, 1.54) is 0 Å². The first-order valence-electron chi connectivity index (χ1n) is 5.75. The standard InChI is InChI=1S/C13H14F3NO/c14-13(15,16)6-2-7-17-8-5-10-3-1-4-11(9-18)12(10)17/h1,3-5,8,18H,2,6-7,9H2.